The van der Waals surface area contributed by atoms with Crippen molar-refractivity contribution in [3.63, 3.8) is 0 Å². The van der Waals surface area contributed by atoms with Gasteiger partial charge in [-0.3, -0.25) is 4.21 Å². The molecule has 0 aliphatic rings. The SMILES string of the molecule is C[S@@](=O)C[C@@H](O)c1ccccc1. The van der Waals surface area contributed by atoms with Crippen molar-refractivity contribution in [1.29, 1.82) is 0 Å². The molecule has 0 aromatic heterocycles. The smallest absolute Gasteiger partial charge is 0.0905 e. The van der Waals surface area contributed by atoms with Crippen LogP contribution >= 0.6 is 0 Å². The zero-order valence-corrected chi connectivity index (χ0v) is 7.75. The number of rotatable bonds is 3. The molecule has 0 heterocycles. The fraction of sp³-hybridized carbons (Fsp3) is 0.333. The minimum atomic E-state index is -0.946. The zero-order valence-electron chi connectivity index (χ0n) is 6.93. The molecule has 66 valence electrons. The summed E-state index contributed by atoms with van der Waals surface area (Å²) in [5.74, 6) is 0.310. The molecule has 0 fully saturated rings. The second-order valence-corrected chi connectivity index (χ2v) is 4.15. The van der Waals surface area contributed by atoms with Gasteiger partial charge >= 0.3 is 0 Å². The minimum Gasteiger partial charge on any atom is -0.387 e. The van der Waals surface area contributed by atoms with Crippen LogP contribution in [0.2, 0.25) is 0 Å². The molecule has 1 aromatic carbocycles. The summed E-state index contributed by atoms with van der Waals surface area (Å²) in [6.45, 7) is 0. The lowest BCUT2D eigenvalue weighted by molar-refractivity contribution is 0.203. The Morgan fingerprint density at radius 2 is 2.00 bits per heavy atom. The van der Waals surface area contributed by atoms with Crippen LogP contribution in [0, 0.1) is 0 Å². The van der Waals surface area contributed by atoms with Crippen LogP contribution in [-0.4, -0.2) is 21.3 Å². The second-order valence-electron chi connectivity index (χ2n) is 2.67. The Bertz CT molecular complexity index is 258. The lowest BCUT2D eigenvalue weighted by Gasteiger charge is -2.07. The van der Waals surface area contributed by atoms with Gasteiger partial charge in [-0.15, -0.1) is 0 Å². The summed E-state index contributed by atoms with van der Waals surface area (Å²) in [6, 6.07) is 9.27. The van der Waals surface area contributed by atoms with E-state index >= 15 is 0 Å². The summed E-state index contributed by atoms with van der Waals surface area (Å²) in [5, 5.41) is 9.50. The minimum absolute atomic E-state index is 0.310. The molecule has 0 bridgehead atoms. The van der Waals surface area contributed by atoms with E-state index in [2.05, 4.69) is 0 Å². The van der Waals surface area contributed by atoms with Crippen LogP contribution in [0.1, 0.15) is 11.7 Å². The normalized spacial score (nSPS) is 15.5. The fourth-order valence-electron chi connectivity index (χ4n) is 0.994. The quantitative estimate of drug-likeness (QED) is 0.763. The lowest BCUT2D eigenvalue weighted by Crippen LogP contribution is -2.07. The van der Waals surface area contributed by atoms with Gasteiger partial charge in [0.25, 0.3) is 0 Å². The summed E-state index contributed by atoms with van der Waals surface area (Å²) in [5.41, 5.74) is 0.827. The molecule has 1 rings (SSSR count). The van der Waals surface area contributed by atoms with Crippen molar-refractivity contribution in [2.45, 2.75) is 6.10 Å². The molecule has 1 aromatic rings. The van der Waals surface area contributed by atoms with Crippen molar-refractivity contribution < 1.29 is 9.32 Å². The summed E-state index contributed by atoms with van der Waals surface area (Å²) in [7, 11) is -0.946. The van der Waals surface area contributed by atoms with Crippen LogP contribution in [0.5, 0.6) is 0 Å². The number of aliphatic hydroxyl groups excluding tert-OH is 1. The van der Waals surface area contributed by atoms with Crippen LogP contribution in [-0.2, 0) is 10.8 Å². The molecule has 0 spiro atoms. The van der Waals surface area contributed by atoms with Crippen molar-refractivity contribution in [3.05, 3.63) is 35.9 Å². The first-order valence-corrected chi connectivity index (χ1v) is 5.46. The Kier molecular flexibility index (Phi) is 3.44. The Morgan fingerprint density at radius 3 is 2.50 bits per heavy atom. The van der Waals surface area contributed by atoms with Gasteiger partial charge in [0, 0.05) is 17.1 Å². The van der Waals surface area contributed by atoms with Crippen molar-refractivity contribution >= 4 is 10.8 Å². The Hall–Kier alpha value is -0.670. The molecule has 0 amide bonds. The van der Waals surface area contributed by atoms with E-state index in [4.69, 9.17) is 0 Å². The lowest BCUT2D eigenvalue weighted by atomic mass is 10.1. The van der Waals surface area contributed by atoms with Crippen LogP contribution in [0.3, 0.4) is 0 Å². The number of aliphatic hydroxyl groups is 1. The van der Waals surface area contributed by atoms with Gasteiger partial charge in [-0.25, -0.2) is 0 Å². The van der Waals surface area contributed by atoms with Gasteiger partial charge in [0.2, 0.25) is 0 Å². The van der Waals surface area contributed by atoms with Gasteiger partial charge in [-0.2, -0.15) is 0 Å². The number of hydrogen-bond donors (Lipinski definition) is 1. The maximum absolute atomic E-state index is 10.8. The molecule has 0 aliphatic heterocycles. The highest BCUT2D eigenvalue weighted by molar-refractivity contribution is 7.84. The predicted octanol–water partition coefficient (Wildman–Crippen LogP) is 1.10. The highest BCUT2D eigenvalue weighted by Crippen LogP contribution is 2.12. The van der Waals surface area contributed by atoms with E-state index in [0.29, 0.717) is 5.75 Å². The van der Waals surface area contributed by atoms with Gasteiger partial charge in [0.15, 0.2) is 0 Å². The zero-order chi connectivity index (χ0) is 8.97. The first kappa shape index (κ1) is 9.42. The first-order chi connectivity index (χ1) is 5.70. The van der Waals surface area contributed by atoms with Gasteiger partial charge in [-0.1, -0.05) is 30.3 Å². The Balaban J connectivity index is 2.65. The fourth-order valence-corrected chi connectivity index (χ4v) is 1.63. The van der Waals surface area contributed by atoms with E-state index in [9.17, 15) is 9.32 Å². The van der Waals surface area contributed by atoms with Crippen molar-refractivity contribution in [2.75, 3.05) is 12.0 Å². The molecule has 0 radical (unpaired) electrons. The molecule has 1 N–H and O–H groups in total. The summed E-state index contributed by atoms with van der Waals surface area (Å²) in [6.07, 6.45) is 0.989. The van der Waals surface area contributed by atoms with Crippen LogP contribution < -0.4 is 0 Å². The Morgan fingerprint density at radius 1 is 1.42 bits per heavy atom. The maximum Gasteiger partial charge on any atom is 0.0905 e. The molecule has 12 heavy (non-hydrogen) atoms. The van der Waals surface area contributed by atoms with Gasteiger partial charge in [0.1, 0.15) is 0 Å². The number of benzene rings is 1. The molecular formula is C9H12O2S. The highest BCUT2D eigenvalue weighted by Gasteiger charge is 2.07. The largest absolute Gasteiger partial charge is 0.387 e. The molecule has 0 saturated heterocycles. The number of hydrogen-bond acceptors (Lipinski definition) is 2. The molecule has 0 saturated carbocycles. The van der Waals surface area contributed by atoms with Crippen molar-refractivity contribution in [1.82, 2.24) is 0 Å². The van der Waals surface area contributed by atoms with Crippen molar-refractivity contribution in [3.8, 4) is 0 Å². The van der Waals surface area contributed by atoms with E-state index in [1.54, 1.807) is 6.26 Å². The molecule has 2 nitrogen and oxygen atoms in total. The van der Waals surface area contributed by atoms with Crippen LogP contribution in [0.4, 0.5) is 0 Å². The van der Waals surface area contributed by atoms with Crippen LogP contribution in [0.25, 0.3) is 0 Å². The average Bonchev–Trinajstić information content (AvgIpc) is 2.05. The van der Waals surface area contributed by atoms with E-state index in [1.807, 2.05) is 30.3 Å². The summed E-state index contributed by atoms with van der Waals surface area (Å²) >= 11 is 0. The third-order valence-electron chi connectivity index (χ3n) is 1.58. The average molecular weight is 184 g/mol. The summed E-state index contributed by atoms with van der Waals surface area (Å²) in [4.78, 5) is 0. The molecular weight excluding hydrogens is 172 g/mol. The molecule has 0 unspecified atom stereocenters. The maximum atomic E-state index is 10.8. The third-order valence-corrected chi connectivity index (χ3v) is 2.36. The van der Waals surface area contributed by atoms with Crippen molar-refractivity contribution in [2.24, 2.45) is 0 Å². The van der Waals surface area contributed by atoms with Crippen LogP contribution in [0.15, 0.2) is 30.3 Å². The molecule has 3 heteroatoms. The molecule has 2 atom stereocenters. The monoisotopic (exact) mass is 184 g/mol. The topological polar surface area (TPSA) is 37.3 Å². The van der Waals surface area contributed by atoms with E-state index in [1.165, 1.54) is 0 Å². The van der Waals surface area contributed by atoms with E-state index in [0.717, 1.165) is 5.56 Å². The predicted molar refractivity (Wildman–Crippen MR) is 50.3 cm³/mol. The van der Waals surface area contributed by atoms with Gasteiger partial charge in [0.05, 0.1) is 11.9 Å². The third kappa shape index (κ3) is 2.75. The Labute approximate surface area is 74.7 Å². The van der Waals surface area contributed by atoms with E-state index in [-0.39, 0.29) is 0 Å². The second kappa shape index (κ2) is 4.38. The van der Waals surface area contributed by atoms with Gasteiger partial charge in [-0.05, 0) is 5.56 Å². The van der Waals surface area contributed by atoms with Gasteiger partial charge < -0.3 is 5.11 Å². The summed E-state index contributed by atoms with van der Waals surface area (Å²) < 4.78 is 10.8. The standard InChI is InChI=1S/C9H12O2S/c1-12(11)7-9(10)8-5-3-2-4-6-8/h2-6,9-10H,7H2,1H3/t9-,12-/m1/s1. The first-order valence-electron chi connectivity index (χ1n) is 3.73. The highest BCUT2D eigenvalue weighted by atomic mass is 32.2. The van der Waals surface area contributed by atoms with E-state index < -0.39 is 16.9 Å². The molecule has 0 aliphatic carbocycles.